The number of benzodiazepines with no additional fused rings is 1. The number of Topliss-reactive ketones (excluding diaryl/α,β-unsaturated/α-hetero) is 1. The van der Waals surface area contributed by atoms with Gasteiger partial charge >= 0.3 is 18.0 Å². The number of hydrogen-bond acceptors (Lipinski definition) is 10. The molecule has 0 unspecified atom stereocenters. The minimum atomic E-state index is -1.45. The van der Waals surface area contributed by atoms with Gasteiger partial charge in [0.1, 0.15) is 18.8 Å². The van der Waals surface area contributed by atoms with E-state index in [0.29, 0.717) is 34.0 Å². The van der Waals surface area contributed by atoms with Gasteiger partial charge in [-0.3, -0.25) is 24.2 Å². The monoisotopic (exact) mass is 656 g/mol. The number of benzene rings is 2. The Labute approximate surface area is 279 Å². The van der Waals surface area contributed by atoms with E-state index in [1.54, 1.807) is 108 Å². The Kier molecular flexibility index (Phi) is 10.9. The lowest BCUT2D eigenvalue weighted by molar-refractivity contribution is -0.152. The van der Waals surface area contributed by atoms with Gasteiger partial charge in [0.15, 0.2) is 5.78 Å². The second-order valence-corrected chi connectivity index (χ2v) is 12.7. The van der Waals surface area contributed by atoms with Crippen LogP contribution < -0.4 is 20.9 Å². The number of ketones is 1. The van der Waals surface area contributed by atoms with E-state index in [1.807, 2.05) is 0 Å². The third-order valence-electron chi connectivity index (χ3n) is 7.05. The first-order chi connectivity index (χ1) is 22.6. The Morgan fingerprint density at radius 3 is 2.31 bits per heavy atom. The number of urea groups is 1. The molecule has 48 heavy (non-hydrogen) atoms. The maximum atomic E-state index is 14.2. The molecule has 0 spiro atoms. The van der Waals surface area contributed by atoms with Gasteiger partial charge in [0.2, 0.25) is 6.17 Å². The summed E-state index contributed by atoms with van der Waals surface area (Å²) in [5, 5.41) is 8.31. The van der Waals surface area contributed by atoms with Crippen LogP contribution in [-0.2, 0) is 28.7 Å². The highest BCUT2D eigenvalue weighted by Gasteiger charge is 2.38. The molecule has 13 heteroatoms. The number of pyridine rings is 1. The number of para-hydroxylation sites is 1. The van der Waals surface area contributed by atoms with Crippen LogP contribution in [0.4, 0.5) is 21.9 Å². The number of amides is 3. The van der Waals surface area contributed by atoms with E-state index in [4.69, 9.17) is 9.47 Å². The number of carbonyl (C=O) groups excluding carboxylic acids is 5. The first-order valence-corrected chi connectivity index (χ1v) is 15.3. The zero-order valence-corrected chi connectivity index (χ0v) is 27.8. The molecule has 0 radical (unpaired) electrons. The van der Waals surface area contributed by atoms with Crippen molar-refractivity contribution >= 4 is 52.4 Å². The molecule has 13 nitrogen and oxygen atoms in total. The summed E-state index contributed by atoms with van der Waals surface area (Å²) in [6.45, 7) is 9.21. The van der Waals surface area contributed by atoms with Crippen LogP contribution in [0, 0.1) is 5.41 Å². The lowest BCUT2D eigenvalue weighted by atomic mass is 9.88. The summed E-state index contributed by atoms with van der Waals surface area (Å²) in [6.07, 6.45) is 0.137. The van der Waals surface area contributed by atoms with E-state index in [-0.39, 0.29) is 25.5 Å². The maximum Gasteiger partial charge on any atom is 0.325 e. The fourth-order valence-electron chi connectivity index (χ4n) is 4.66. The standard InChI is InChI=1S/C35H40N6O7/c1-22(42)47-21-35(5,6)28(43)20-41-27-16-8-7-14-25(27)30(26-15-9-10-17-36-26)39-31(32(41)45)40-33(46)38-24-13-11-12-23(18-24)37-19-29(44)48-34(2,3)4/h7-18,31,37H,19-21H2,1-6H3,(H2,38,40,46)/t31-/m0/s1. The van der Waals surface area contributed by atoms with Crippen molar-refractivity contribution in [2.24, 2.45) is 10.4 Å². The summed E-state index contributed by atoms with van der Waals surface area (Å²) in [6, 6.07) is 18.1. The van der Waals surface area contributed by atoms with Crippen LogP contribution in [-0.4, -0.2) is 71.8 Å². The second-order valence-electron chi connectivity index (χ2n) is 12.7. The van der Waals surface area contributed by atoms with Crippen LogP contribution in [0.2, 0.25) is 0 Å². The summed E-state index contributed by atoms with van der Waals surface area (Å²) in [5.74, 6) is -1.99. The highest BCUT2D eigenvalue weighted by Crippen LogP contribution is 2.29. The fraction of sp³-hybridized carbons (Fsp3) is 0.343. The van der Waals surface area contributed by atoms with E-state index in [0.717, 1.165) is 0 Å². The molecule has 1 aliphatic heterocycles. The molecule has 0 saturated heterocycles. The molecular weight excluding hydrogens is 616 g/mol. The molecule has 0 fully saturated rings. The quantitative estimate of drug-likeness (QED) is 0.255. The third-order valence-corrected chi connectivity index (χ3v) is 7.05. The molecule has 0 bridgehead atoms. The average molecular weight is 657 g/mol. The van der Waals surface area contributed by atoms with Crippen molar-refractivity contribution in [3.8, 4) is 0 Å². The molecule has 3 N–H and O–H groups in total. The Morgan fingerprint density at radius 1 is 0.917 bits per heavy atom. The minimum Gasteiger partial charge on any atom is -0.465 e. The summed E-state index contributed by atoms with van der Waals surface area (Å²) in [7, 11) is 0. The van der Waals surface area contributed by atoms with Crippen molar-refractivity contribution in [1.82, 2.24) is 10.3 Å². The number of fused-ring (bicyclic) bond motifs is 1. The van der Waals surface area contributed by atoms with Gasteiger partial charge in [-0.1, -0.05) is 30.3 Å². The van der Waals surface area contributed by atoms with Crippen molar-refractivity contribution in [2.45, 2.75) is 53.3 Å². The first-order valence-electron chi connectivity index (χ1n) is 15.3. The molecule has 3 amide bonds. The molecule has 0 saturated carbocycles. The van der Waals surface area contributed by atoms with Crippen molar-refractivity contribution in [1.29, 1.82) is 0 Å². The molecular formula is C35H40N6O7. The summed E-state index contributed by atoms with van der Waals surface area (Å²) in [5.41, 5.74) is 0.917. The van der Waals surface area contributed by atoms with Gasteiger partial charge in [0, 0.05) is 30.1 Å². The number of aromatic nitrogens is 1. The van der Waals surface area contributed by atoms with E-state index < -0.39 is 41.1 Å². The van der Waals surface area contributed by atoms with Gasteiger partial charge in [-0.2, -0.15) is 0 Å². The van der Waals surface area contributed by atoms with Gasteiger partial charge in [-0.05, 0) is 71.0 Å². The highest BCUT2D eigenvalue weighted by atomic mass is 16.6. The fourth-order valence-corrected chi connectivity index (χ4v) is 4.66. The lowest BCUT2D eigenvalue weighted by Gasteiger charge is -2.29. The third kappa shape index (κ3) is 9.47. The van der Waals surface area contributed by atoms with Crippen molar-refractivity contribution < 1.29 is 33.4 Å². The van der Waals surface area contributed by atoms with Gasteiger partial charge in [-0.15, -0.1) is 0 Å². The summed E-state index contributed by atoms with van der Waals surface area (Å²) in [4.78, 5) is 75.0. The van der Waals surface area contributed by atoms with Gasteiger partial charge in [-0.25, -0.2) is 9.79 Å². The van der Waals surface area contributed by atoms with E-state index >= 15 is 0 Å². The van der Waals surface area contributed by atoms with Gasteiger partial charge < -0.3 is 30.3 Å². The normalized spacial score (nSPS) is 14.5. The predicted molar refractivity (Wildman–Crippen MR) is 181 cm³/mol. The summed E-state index contributed by atoms with van der Waals surface area (Å²) < 4.78 is 10.4. The number of anilines is 3. The molecule has 4 rings (SSSR count). The number of aliphatic imine (C=N–C) groups is 1. The van der Waals surface area contributed by atoms with Crippen molar-refractivity contribution in [3.05, 3.63) is 84.2 Å². The molecule has 3 aromatic rings. The van der Waals surface area contributed by atoms with Gasteiger partial charge in [0.25, 0.3) is 5.91 Å². The van der Waals surface area contributed by atoms with Crippen LogP contribution in [0.3, 0.4) is 0 Å². The Bertz CT molecular complexity index is 1720. The van der Waals surface area contributed by atoms with E-state index in [9.17, 15) is 24.0 Å². The predicted octanol–water partition coefficient (Wildman–Crippen LogP) is 4.33. The van der Waals surface area contributed by atoms with Crippen LogP contribution in [0.1, 0.15) is 52.8 Å². The molecule has 0 aliphatic carbocycles. The van der Waals surface area contributed by atoms with Gasteiger partial charge in [0.05, 0.1) is 29.1 Å². The number of hydrogen-bond donors (Lipinski definition) is 3. The Hall–Kier alpha value is -5.59. The minimum absolute atomic E-state index is 0.0820. The zero-order chi connectivity index (χ0) is 35.1. The van der Waals surface area contributed by atoms with E-state index in [2.05, 4.69) is 25.9 Å². The SMILES string of the molecule is CC(=O)OCC(C)(C)C(=O)CN1C(=O)[C@H](NC(=O)Nc2cccc(NCC(=O)OC(C)(C)C)c2)N=C(c2ccccn2)c2ccccc21. The number of nitrogens with zero attached hydrogens (tertiary/aromatic N) is 3. The smallest absolute Gasteiger partial charge is 0.325 e. The highest BCUT2D eigenvalue weighted by molar-refractivity contribution is 6.20. The Balaban J connectivity index is 1.60. The average Bonchev–Trinajstić information content (AvgIpc) is 3.13. The largest absolute Gasteiger partial charge is 0.465 e. The second kappa shape index (κ2) is 14.9. The number of carbonyl (C=O) groups is 5. The lowest BCUT2D eigenvalue weighted by Crippen LogP contribution is -2.51. The maximum absolute atomic E-state index is 14.2. The number of ether oxygens (including phenoxy) is 2. The molecule has 2 aromatic carbocycles. The Morgan fingerprint density at radius 2 is 1.62 bits per heavy atom. The number of rotatable bonds is 11. The topological polar surface area (TPSA) is 168 Å². The van der Waals surface area contributed by atoms with E-state index in [1.165, 1.54) is 11.8 Å². The van der Waals surface area contributed by atoms with Crippen molar-refractivity contribution in [2.75, 3.05) is 35.2 Å². The molecule has 1 aromatic heterocycles. The number of esters is 2. The zero-order valence-electron chi connectivity index (χ0n) is 27.8. The number of nitrogens with one attached hydrogen (secondary N) is 3. The molecule has 2 heterocycles. The molecule has 252 valence electrons. The van der Waals surface area contributed by atoms with Crippen LogP contribution in [0.15, 0.2) is 77.9 Å². The summed E-state index contributed by atoms with van der Waals surface area (Å²) >= 11 is 0. The van der Waals surface area contributed by atoms with Crippen LogP contribution in [0.25, 0.3) is 0 Å². The first kappa shape index (κ1) is 35.3. The van der Waals surface area contributed by atoms with Crippen molar-refractivity contribution in [3.63, 3.8) is 0 Å². The van der Waals surface area contributed by atoms with Crippen LogP contribution >= 0.6 is 0 Å². The van der Waals surface area contributed by atoms with Crippen LogP contribution in [0.5, 0.6) is 0 Å². The molecule has 1 atom stereocenters. The molecule has 1 aliphatic rings.